The van der Waals surface area contributed by atoms with Crippen molar-refractivity contribution < 1.29 is 32.7 Å². The van der Waals surface area contributed by atoms with E-state index in [1.54, 1.807) is 13.0 Å². The van der Waals surface area contributed by atoms with E-state index >= 15 is 0 Å². The number of rotatable bonds is 11. The van der Waals surface area contributed by atoms with E-state index in [9.17, 15) is 18.9 Å². The third-order valence-corrected chi connectivity index (χ3v) is 9.79. The lowest BCUT2D eigenvalue weighted by atomic mass is 10.2. The van der Waals surface area contributed by atoms with Crippen LogP contribution in [-0.4, -0.2) is 60.0 Å². The molecule has 3 aromatic rings. The highest BCUT2D eigenvalue weighted by Crippen LogP contribution is 2.59. The SMILES string of the molecule is CCOP(=O)(CP(=O)(O)O)OC[C@@H]1CC[C@H](n2nnc3c(NCc4ccccc4Cl)nc(Cl)nc32)O1. The average molecular weight is 581 g/mol. The van der Waals surface area contributed by atoms with E-state index in [0.29, 0.717) is 41.4 Å². The van der Waals surface area contributed by atoms with Gasteiger partial charge in [0.05, 0.1) is 19.3 Å². The van der Waals surface area contributed by atoms with Gasteiger partial charge in [0, 0.05) is 11.6 Å². The minimum atomic E-state index is -4.61. The summed E-state index contributed by atoms with van der Waals surface area (Å²) in [6.45, 7) is 1.73. The summed E-state index contributed by atoms with van der Waals surface area (Å²) in [5.41, 5.74) is 1.60. The fraction of sp³-hybridized carbons (Fsp3) is 0.474. The Morgan fingerprint density at radius 1 is 1.19 bits per heavy atom. The Balaban J connectivity index is 1.45. The van der Waals surface area contributed by atoms with Crippen molar-refractivity contribution in [3.63, 3.8) is 0 Å². The van der Waals surface area contributed by atoms with E-state index < -0.39 is 33.4 Å². The van der Waals surface area contributed by atoms with Crippen LogP contribution in [0.2, 0.25) is 10.3 Å². The summed E-state index contributed by atoms with van der Waals surface area (Å²) in [6.07, 6.45) is -0.0764. The molecule has 0 bridgehead atoms. The lowest BCUT2D eigenvalue weighted by Crippen LogP contribution is -2.18. The summed E-state index contributed by atoms with van der Waals surface area (Å²) in [4.78, 5) is 26.9. The fourth-order valence-corrected chi connectivity index (χ4v) is 7.36. The van der Waals surface area contributed by atoms with Gasteiger partial charge in [-0.2, -0.15) is 14.6 Å². The Morgan fingerprint density at radius 2 is 1.97 bits per heavy atom. The van der Waals surface area contributed by atoms with Crippen molar-refractivity contribution in [3.8, 4) is 0 Å². The molecule has 1 aromatic carbocycles. The fourth-order valence-electron chi connectivity index (χ4n) is 3.67. The molecule has 17 heteroatoms. The second-order valence-corrected chi connectivity index (χ2v) is 12.9. The van der Waals surface area contributed by atoms with Crippen molar-refractivity contribution >= 4 is 55.4 Å². The van der Waals surface area contributed by atoms with Gasteiger partial charge in [0.15, 0.2) is 29.1 Å². The monoisotopic (exact) mass is 580 g/mol. The molecular formula is C19H24Cl2N6O7P2. The maximum absolute atomic E-state index is 12.7. The number of fused-ring (bicyclic) bond motifs is 1. The number of benzene rings is 1. The summed E-state index contributed by atoms with van der Waals surface area (Å²) >= 11 is 12.4. The molecule has 1 fully saturated rings. The molecule has 1 aliphatic heterocycles. The molecule has 0 aliphatic carbocycles. The number of nitrogens with one attached hydrogen (secondary N) is 1. The van der Waals surface area contributed by atoms with Gasteiger partial charge in [-0.05, 0) is 43.0 Å². The van der Waals surface area contributed by atoms with Crippen molar-refractivity contribution in [3.05, 3.63) is 40.1 Å². The lowest BCUT2D eigenvalue weighted by Gasteiger charge is -2.20. The average Bonchev–Trinajstić information content (AvgIpc) is 3.43. The number of halogens is 2. The van der Waals surface area contributed by atoms with Gasteiger partial charge in [0.2, 0.25) is 5.28 Å². The molecule has 1 unspecified atom stereocenters. The molecule has 1 saturated heterocycles. The van der Waals surface area contributed by atoms with Crippen LogP contribution in [0.3, 0.4) is 0 Å². The highest BCUT2D eigenvalue weighted by molar-refractivity contribution is 7.70. The number of ether oxygens (including phenoxy) is 1. The van der Waals surface area contributed by atoms with Crippen LogP contribution in [0.4, 0.5) is 5.82 Å². The zero-order chi connectivity index (χ0) is 25.9. The number of nitrogens with zero attached hydrogens (tertiary/aromatic N) is 5. The zero-order valence-electron chi connectivity index (χ0n) is 19.0. The van der Waals surface area contributed by atoms with Gasteiger partial charge in [-0.15, -0.1) is 5.10 Å². The molecule has 1 aliphatic rings. The molecule has 0 radical (unpaired) electrons. The van der Waals surface area contributed by atoms with Crippen molar-refractivity contribution in [1.29, 1.82) is 0 Å². The van der Waals surface area contributed by atoms with Crippen molar-refractivity contribution in [2.75, 3.05) is 24.4 Å². The molecule has 13 nitrogen and oxygen atoms in total. The molecule has 3 N–H and O–H groups in total. The van der Waals surface area contributed by atoms with Crippen LogP contribution in [0, 0.1) is 0 Å². The predicted molar refractivity (Wildman–Crippen MR) is 132 cm³/mol. The summed E-state index contributed by atoms with van der Waals surface area (Å²) in [6, 6.07) is 7.38. The lowest BCUT2D eigenvalue weighted by molar-refractivity contribution is -0.0247. The van der Waals surface area contributed by atoms with E-state index in [4.69, 9.17) is 37.0 Å². The number of hydrogen-bond donors (Lipinski definition) is 3. The molecule has 4 rings (SSSR count). The third-order valence-electron chi connectivity index (χ3n) is 5.20. The van der Waals surface area contributed by atoms with Crippen LogP contribution in [0.1, 0.15) is 31.6 Å². The van der Waals surface area contributed by atoms with Gasteiger partial charge in [-0.25, -0.2) is 0 Å². The van der Waals surface area contributed by atoms with Crippen LogP contribution in [-0.2, 0) is 29.5 Å². The van der Waals surface area contributed by atoms with E-state index in [1.165, 1.54) is 4.68 Å². The Hall–Kier alpha value is -1.66. The first-order valence-corrected chi connectivity index (χ1v) is 15.2. The molecule has 196 valence electrons. The second kappa shape index (κ2) is 11.4. The van der Waals surface area contributed by atoms with Gasteiger partial charge < -0.3 is 28.9 Å². The Bertz CT molecular complexity index is 1320. The molecular weight excluding hydrogens is 557 g/mol. The first-order chi connectivity index (χ1) is 17.1. The topological polar surface area (TPSA) is 171 Å². The molecule has 3 heterocycles. The van der Waals surface area contributed by atoms with Gasteiger partial charge >= 0.3 is 15.2 Å². The smallest absolute Gasteiger partial charge is 0.342 e. The molecule has 36 heavy (non-hydrogen) atoms. The predicted octanol–water partition coefficient (Wildman–Crippen LogP) is 4.20. The summed E-state index contributed by atoms with van der Waals surface area (Å²) < 4.78 is 41.8. The van der Waals surface area contributed by atoms with Crippen LogP contribution in [0.15, 0.2) is 24.3 Å². The van der Waals surface area contributed by atoms with E-state index in [2.05, 4.69) is 25.6 Å². The Morgan fingerprint density at radius 3 is 2.69 bits per heavy atom. The molecule has 0 amide bonds. The first-order valence-electron chi connectivity index (χ1n) is 10.9. The van der Waals surface area contributed by atoms with Crippen LogP contribution in [0.5, 0.6) is 0 Å². The quantitative estimate of drug-likeness (QED) is 0.218. The summed E-state index contributed by atoms with van der Waals surface area (Å²) in [5.74, 6) is -0.624. The second-order valence-electron chi connectivity index (χ2n) is 7.91. The number of aromatic nitrogens is 5. The summed E-state index contributed by atoms with van der Waals surface area (Å²) in [7, 11) is -8.61. The van der Waals surface area contributed by atoms with Gasteiger partial charge in [-0.3, -0.25) is 9.13 Å². The third kappa shape index (κ3) is 6.80. The molecule has 0 spiro atoms. The Labute approximate surface area is 216 Å². The number of hydrogen-bond acceptors (Lipinski definition) is 10. The van der Waals surface area contributed by atoms with Gasteiger partial charge in [0.25, 0.3) is 0 Å². The minimum absolute atomic E-state index is 0.0133. The zero-order valence-corrected chi connectivity index (χ0v) is 22.3. The van der Waals surface area contributed by atoms with E-state index in [0.717, 1.165) is 5.56 Å². The van der Waals surface area contributed by atoms with Crippen LogP contribution in [0.25, 0.3) is 11.2 Å². The summed E-state index contributed by atoms with van der Waals surface area (Å²) in [5, 5.41) is 12.1. The normalized spacial score (nSPS) is 20.0. The van der Waals surface area contributed by atoms with E-state index in [-0.39, 0.29) is 18.5 Å². The highest BCUT2D eigenvalue weighted by atomic mass is 35.5. The van der Waals surface area contributed by atoms with Crippen molar-refractivity contribution in [2.45, 2.75) is 38.6 Å². The maximum atomic E-state index is 12.7. The van der Waals surface area contributed by atoms with Gasteiger partial charge in [-0.1, -0.05) is 35.0 Å². The van der Waals surface area contributed by atoms with Gasteiger partial charge in [0.1, 0.15) is 0 Å². The molecule has 3 atom stereocenters. The molecule has 2 aromatic heterocycles. The molecule has 0 saturated carbocycles. The van der Waals surface area contributed by atoms with Crippen LogP contribution >= 0.6 is 38.4 Å². The van der Waals surface area contributed by atoms with Crippen molar-refractivity contribution in [2.24, 2.45) is 0 Å². The first kappa shape index (κ1) is 27.4. The maximum Gasteiger partial charge on any atom is 0.342 e. The van der Waals surface area contributed by atoms with Crippen molar-refractivity contribution in [1.82, 2.24) is 25.0 Å². The highest BCUT2D eigenvalue weighted by Gasteiger charge is 2.37. The van der Waals surface area contributed by atoms with E-state index in [1.807, 2.05) is 18.2 Å². The standard InChI is InChI=1S/C19H24Cl2N6O7P2/c1-2-32-36(31,11-35(28,29)30)33-10-13-7-8-15(34-13)27-18-16(25-26-27)17(23-19(21)24-18)22-9-12-5-3-4-6-14(12)20/h3-6,13,15H,2,7-11H2,1H3,(H,22,23,24)(H2,28,29,30)/t13-,15+,36?/m0/s1. The number of anilines is 1. The Kier molecular flexibility index (Phi) is 8.66. The largest absolute Gasteiger partial charge is 0.364 e. The van der Waals surface area contributed by atoms with Crippen LogP contribution < -0.4 is 5.32 Å². The minimum Gasteiger partial charge on any atom is -0.364 e.